The van der Waals surface area contributed by atoms with Gasteiger partial charge in [0.1, 0.15) is 5.25 Å². The van der Waals surface area contributed by atoms with Crippen LogP contribution in [0.15, 0.2) is 18.2 Å². The zero-order chi connectivity index (χ0) is 20.7. The van der Waals surface area contributed by atoms with E-state index in [0.29, 0.717) is 18.0 Å². The predicted molar refractivity (Wildman–Crippen MR) is 101 cm³/mol. The number of methoxy groups -OCH3 is 1. The number of benzene rings is 1. The van der Waals surface area contributed by atoms with E-state index in [0.717, 1.165) is 25.7 Å². The molecule has 2 rings (SSSR count). The number of amides is 1. The van der Waals surface area contributed by atoms with Crippen LogP contribution in [0.5, 0.6) is 11.5 Å². The van der Waals surface area contributed by atoms with Gasteiger partial charge in [-0.3, -0.25) is 4.79 Å². The first-order valence-corrected chi connectivity index (χ1v) is 11.1. The van der Waals surface area contributed by atoms with Gasteiger partial charge in [-0.15, -0.1) is 0 Å². The van der Waals surface area contributed by atoms with E-state index in [4.69, 9.17) is 4.74 Å². The molecule has 0 saturated heterocycles. The van der Waals surface area contributed by atoms with Gasteiger partial charge in [0, 0.05) is 6.54 Å². The lowest BCUT2D eigenvalue weighted by atomic mass is 9.89. The first-order chi connectivity index (χ1) is 13.2. The van der Waals surface area contributed by atoms with Crippen molar-refractivity contribution in [3.05, 3.63) is 23.8 Å². The predicted octanol–water partition coefficient (Wildman–Crippen LogP) is 3.30. The van der Waals surface area contributed by atoms with E-state index in [1.54, 1.807) is 0 Å². The number of ether oxygens (including phenoxy) is 2. The maximum absolute atomic E-state index is 12.6. The summed E-state index contributed by atoms with van der Waals surface area (Å²) < 4.78 is 59.3. The Bertz CT molecular complexity index is 764. The minimum absolute atomic E-state index is 0.00223. The van der Waals surface area contributed by atoms with Crippen molar-refractivity contribution in [1.29, 1.82) is 0 Å². The van der Waals surface area contributed by atoms with Gasteiger partial charge in [0.15, 0.2) is 21.3 Å². The van der Waals surface area contributed by atoms with Crippen LogP contribution in [-0.2, 0) is 20.4 Å². The molecule has 1 fully saturated rings. The summed E-state index contributed by atoms with van der Waals surface area (Å²) in [7, 11) is -2.51. The number of hydrogen-bond donors (Lipinski definition) is 1. The molecular weight excluding hydrogens is 392 g/mol. The molecule has 0 bridgehead atoms. The van der Waals surface area contributed by atoms with Crippen LogP contribution in [0.4, 0.5) is 8.78 Å². The Kier molecular flexibility index (Phi) is 8.03. The fraction of sp³-hybridized carbons (Fsp3) is 0.632. The monoisotopic (exact) mass is 419 g/mol. The minimum Gasteiger partial charge on any atom is -0.493 e. The molecule has 0 heterocycles. The van der Waals surface area contributed by atoms with Crippen LogP contribution in [0.1, 0.15) is 44.6 Å². The highest BCUT2D eigenvalue weighted by molar-refractivity contribution is 7.92. The van der Waals surface area contributed by atoms with E-state index in [1.807, 2.05) is 0 Å². The van der Waals surface area contributed by atoms with Gasteiger partial charge in [-0.2, -0.15) is 8.78 Å². The van der Waals surface area contributed by atoms with E-state index in [-0.39, 0.29) is 11.5 Å². The van der Waals surface area contributed by atoms with Gasteiger partial charge in [-0.05, 0) is 43.4 Å². The third-order valence-electron chi connectivity index (χ3n) is 5.01. The maximum Gasteiger partial charge on any atom is 0.387 e. The number of carbonyl (C=O) groups is 1. The van der Waals surface area contributed by atoms with E-state index < -0.39 is 33.4 Å². The van der Waals surface area contributed by atoms with Crippen molar-refractivity contribution in [3.63, 3.8) is 0 Å². The molecule has 0 aromatic heterocycles. The third-order valence-corrected chi connectivity index (χ3v) is 7.04. The smallest absolute Gasteiger partial charge is 0.387 e. The van der Waals surface area contributed by atoms with Gasteiger partial charge in [0.05, 0.1) is 12.9 Å². The van der Waals surface area contributed by atoms with E-state index in [2.05, 4.69) is 10.1 Å². The van der Waals surface area contributed by atoms with Gasteiger partial charge in [-0.25, -0.2) is 8.42 Å². The molecule has 158 valence electrons. The molecule has 1 atom stereocenters. The number of alkyl halides is 2. The summed E-state index contributed by atoms with van der Waals surface area (Å²) in [5.41, 5.74) is 0.324. The van der Waals surface area contributed by atoms with Crippen LogP contribution in [0.3, 0.4) is 0 Å². The van der Waals surface area contributed by atoms with Crippen LogP contribution in [0.2, 0.25) is 0 Å². The molecule has 1 N–H and O–H groups in total. The van der Waals surface area contributed by atoms with E-state index >= 15 is 0 Å². The van der Waals surface area contributed by atoms with Crippen LogP contribution < -0.4 is 14.8 Å². The zero-order valence-corrected chi connectivity index (χ0v) is 16.9. The minimum atomic E-state index is -3.78. The SMILES string of the molecule is COc1cc(CS(=O)(=O)C(C)C(=O)NCC2CCCCC2)ccc1OC(F)F. The number of carbonyl (C=O) groups excluding carboxylic acids is 1. The topological polar surface area (TPSA) is 81.7 Å². The highest BCUT2D eigenvalue weighted by atomic mass is 32.2. The normalized spacial score (nSPS) is 16.6. The lowest BCUT2D eigenvalue weighted by molar-refractivity contribution is -0.120. The Morgan fingerprint density at radius 2 is 1.89 bits per heavy atom. The first kappa shape index (κ1) is 22.4. The average molecular weight is 419 g/mol. The Labute approximate surface area is 164 Å². The Morgan fingerprint density at radius 3 is 2.50 bits per heavy atom. The molecule has 1 aliphatic rings. The van der Waals surface area contributed by atoms with Gasteiger partial charge in [0.25, 0.3) is 0 Å². The molecule has 1 amide bonds. The molecule has 28 heavy (non-hydrogen) atoms. The lowest BCUT2D eigenvalue weighted by Crippen LogP contribution is -2.40. The number of nitrogens with one attached hydrogen (secondary N) is 1. The van der Waals surface area contributed by atoms with Crippen LogP contribution in [-0.4, -0.2) is 39.8 Å². The average Bonchev–Trinajstić information content (AvgIpc) is 2.66. The van der Waals surface area contributed by atoms with Crippen molar-refractivity contribution in [1.82, 2.24) is 5.32 Å². The second kappa shape index (κ2) is 10.0. The van der Waals surface area contributed by atoms with Gasteiger partial charge in [-0.1, -0.05) is 25.3 Å². The van der Waals surface area contributed by atoms with Crippen molar-refractivity contribution in [3.8, 4) is 11.5 Å². The highest BCUT2D eigenvalue weighted by Crippen LogP contribution is 2.30. The second-order valence-corrected chi connectivity index (χ2v) is 9.38. The summed E-state index contributed by atoms with van der Waals surface area (Å²) in [6.45, 7) is -1.17. The quantitative estimate of drug-likeness (QED) is 0.664. The molecule has 9 heteroatoms. The van der Waals surface area contributed by atoms with Gasteiger partial charge >= 0.3 is 6.61 Å². The summed E-state index contributed by atoms with van der Waals surface area (Å²) >= 11 is 0. The second-order valence-electron chi connectivity index (χ2n) is 7.06. The number of rotatable bonds is 9. The summed E-state index contributed by atoms with van der Waals surface area (Å²) in [5.74, 6) is -0.704. The van der Waals surface area contributed by atoms with E-state index in [1.165, 1.54) is 38.7 Å². The fourth-order valence-electron chi connectivity index (χ4n) is 3.30. The molecule has 1 aromatic carbocycles. The van der Waals surface area contributed by atoms with Crippen LogP contribution in [0.25, 0.3) is 0 Å². The van der Waals surface area contributed by atoms with Gasteiger partial charge < -0.3 is 14.8 Å². The van der Waals surface area contributed by atoms with Crippen molar-refractivity contribution >= 4 is 15.7 Å². The largest absolute Gasteiger partial charge is 0.493 e. The first-order valence-electron chi connectivity index (χ1n) is 9.34. The number of sulfone groups is 1. The molecule has 1 aromatic rings. The van der Waals surface area contributed by atoms with Crippen molar-refractivity contribution in [2.75, 3.05) is 13.7 Å². The summed E-state index contributed by atoms with van der Waals surface area (Å²) in [6, 6.07) is 3.91. The van der Waals surface area contributed by atoms with Crippen LogP contribution in [0, 0.1) is 5.92 Å². The lowest BCUT2D eigenvalue weighted by Gasteiger charge is -2.22. The summed E-state index contributed by atoms with van der Waals surface area (Å²) in [4.78, 5) is 12.3. The Morgan fingerprint density at radius 1 is 1.21 bits per heavy atom. The molecular formula is C19H27F2NO5S. The number of halogens is 2. The molecule has 0 aliphatic heterocycles. The molecule has 1 aliphatic carbocycles. The molecule has 0 spiro atoms. The Hall–Kier alpha value is -1.90. The molecule has 1 unspecified atom stereocenters. The molecule has 0 radical (unpaired) electrons. The van der Waals surface area contributed by atoms with E-state index in [9.17, 15) is 22.0 Å². The van der Waals surface area contributed by atoms with Crippen molar-refractivity contribution < 1.29 is 31.5 Å². The third kappa shape index (κ3) is 6.32. The Balaban J connectivity index is 1.99. The standard InChI is InChI=1S/C19H27F2NO5S/c1-13(18(23)22-11-14-6-4-3-5-7-14)28(24,25)12-15-8-9-16(27-19(20)21)17(10-15)26-2/h8-10,13-14,19H,3-7,11-12H2,1-2H3,(H,22,23). The highest BCUT2D eigenvalue weighted by Gasteiger charge is 2.29. The summed E-state index contributed by atoms with van der Waals surface area (Å²) in [5, 5.41) is 1.54. The van der Waals surface area contributed by atoms with Crippen molar-refractivity contribution in [2.24, 2.45) is 5.92 Å². The zero-order valence-electron chi connectivity index (χ0n) is 16.1. The molecule has 6 nitrogen and oxygen atoms in total. The summed E-state index contributed by atoms with van der Waals surface area (Å²) in [6.07, 6.45) is 5.59. The molecule has 1 saturated carbocycles. The van der Waals surface area contributed by atoms with Gasteiger partial charge in [0.2, 0.25) is 5.91 Å². The number of hydrogen-bond acceptors (Lipinski definition) is 5. The van der Waals surface area contributed by atoms with Crippen molar-refractivity contribution in [2.45, 2.75) is 56.6 Å². The fourth-order valence-corrected chi connectivity index (χ4v) is 4.60. The maximum atomic E-state index is 12.6. The van der Waals surface area contributed by atoms with Crippen LogP contribution >= 0.6 is 0 Å².